The highest BCUT2D eigenvalue weighted by molar-refractivity contribution is 9.10. The number of ketones is 1. The van der Waals surface area contributed by atoms with E-state index in [4.69, 9.17) is 0 Å². The first-order valence-electron chi connectivity index (χ1n) is 5.43. The van der Waals surface area contributed by atoms with E-state index in [1.54, 1.807) is 0 Å². The Morgan fingerprint density at radius 3 is 2.88 bits per heavy atom. The summed E-state index contributed by atoms with van der Waals surface area (Å²) in [6.07, 6.45) is 0.861. The molecular weight excluding hydrogens is 264 g/mol. The van der Waals surface area contributed by atoms with Crippen molar-refractivity contribution in [1.82, 2.24) is 0 Å². The molecule has 0 bridgehead atoms. The molecule has 0 amide bonds. The van der Waals surface area contributed by atoms with Crippen molar-refractivity contribution in [3.8, 4) is 0 Å². The van der Waals surface area contributed by atoms with E-state index in [1.807, 2.05) is 25.1 Å². The lowest BCUT2D eigenvalue weighted by molar-refractivity contribution is 0.0947. The molecule has 1 unspecified atom stereocenters. The summed E-state index contributed by atoms with van der Waals surface area (Å²) in [4.78, 5) is 12.1. The predicted molar refractivity (Wildman–Crippen MR) is 68.8 cm³/mol. The Morgan fingerprint density at radius 1 is 1.31 bits per heavy atom. The Balaban J connectivity index is 2.45. The maximum Gasteiger partial charge on any atom is 0.166 e. The molecule has 0 radical (unpaired) electrons. The number of fused-ring (bicyclic) bond motifs is 3. The second-order valence-electron chi connectivity index (χ2n) is 4.40. The summed E-state index contributed by atoms with van der Waals surface area (Å²) in [6.45, 7) is 2.00. The minimum Gasteiger partial charge on any atom is -0.294 e. The van der Waals surface area contributed by atoms with Gasteiger partial charge in [0.2, 0.25) is 0 Å². The van der Waals surface area contributed by atoms with Crippen LogP contribution in [0.5, 0.6) is 0 Å². The third-order valence-corrected chi connectivity index (χ3v) is 4.01. The van der Waals surface area contributed by atoms with E-state index < -0.39 is 0 Å². The Hall–Kier alpha value is -1.15. The Labute approximate surface area is 103 Å². The lowest BCUT2D eigenvalue weighted by atomic mass is 10.0. The molecule has 0 spiro atoms. The van der Waals surface area contributed by atoms with E-state index in [9.17, 15) is 4.79 Å². The van der Waals surface area contributed by atoms with E-state index in [-0.39, 0.29) is 11.7 Å². The van der Waals surface area contributed by atoms with E-state index in [2.05, 4.69) is 28.1 Å². The third kappa shape index (κ3) is 1.26. The first kappa shape index (κ1) is 10.0. The Kier molecular flexibility index (Phi) is 2.15. The molecule has 1 nitrogen and oxygen atoms in total. The molecule has 2 aromatic carbocycles. The summed E-state index contributed by atoms with van der Waals surface area (Å²) in [5.41, 5.74) is 2.11. The van der Waals surface area contributed by atoms with Crippen LogP contribution in [0.4, 0.5) is 0 Å². The van der Waals surface area contributed by atoms with E-state index >= 15 is 0 Å². The van der Waals surface area contributed by atoms with Crippen molar-refractivity contribution < 1.29 is 4.79 Å². The zero-order valence-corrected chi connectivity index (χ0v) is 10.5. The molecule has 0 aromatic heterocycles. The molecule has 1 aliphatic rings. The Bertz CT molecular complexity index is 601. The topological polar surface area (TPSA) is 17.1 Å². The van der Waals surface area contributed by atoms with Crippen molar-refractivity contribution in [2.75, 3.05) is 0 Å². The number of hydrogen-bond acceptors (Lipinski definition) is 1. The van der Waals surface area contributed by atoms with Gasteiger partial charge in [-0.2, -0.15) is 0 Å². The molecule has 0 fully saturated rings. The van der Waals surface area contributed by atoms with Crippen LogP contribution < -0.4 is 0 Å². The van der Waals surface area contributed by atoms with Crippen LogP contribution in [0, 0.1) is 5.92 Å². The first-order valence-corrected chi connectivity index (χ1v) is 6.22. The molecule has 2 heteroatoms. The maximum atomic E-state index is 12.1. The van der Waals surface area contributed by atoms with Gasteiger partial charge in [0.05, 0.1) is 0 Å². The summed E-state index contributed by atoms with van der Waals surface area (Å²) in [5, 5.41) is 2.23. The predicted octanol–water partition coefficient (Wildman–Crippen LogP) is 3.98. The van der Waals surface area contributed by atoms with Gasteiger partial charge in [-0.25, -0.2) is 0 Å². The summed E-state index contributed by atoms with van der Waals surface area (Å²) >= 11 is 3.57. The van der Waals surface area contributed by atoms with Gasteiger partial charge in [0.1, 0.15) is 0 Å². The molecule has 0 heterocycles. The second-order valence-corrected chi connectivity index (χ2v) is 5.26. The average Bonchev–Trinajstić information content (AvgIpc) is 2.57. The fourth-order valence-corrected chi connectivity index (χ4v) is 3.09. The number of carbonyl (C=O) groups excluding carboxylic acids is 1. The van der Waals surface area contributed by atoms with Gasteiger partial charge in [0.15, 0.2) is 5.78 Å². The second kappa shape index (κ2) is 3.42. The minimum absolute atomic E-state index is 0.122. The van der Waals surface area contributed by atoms with Crippen LogP contribution in [-0.2, 0) is 6.42 Å². The number of halogens is 1. The van der Waals surface area contributed by atoms with E-state index in [1.165, 1.54) is 5.56 Å². The van der Waals surface area contributed by atoms with Crippen LogP contribution in [0.2, 0.25) is 0 Å². The van der Waals surface area contributed by atoms with E-state index in [0.29, 0.717) is 0 Å². The molecule has 0 saturated heterocycles. The molecule has 0 N–H and O–H groups in total. The molecule has 0 saturated carbocycles. The van der Waals surface area contributed by atoms with Gasteiger partial charge < -0.3 is 0 Å². The monoisotopic (exact) mass is 274 g/mol. The van der Waals surface area contributed by atoms with Gasteiger partial charge in [-0.15, -0.1) is 0 Å². The summed E-state index contributed by atoms with van der Waals surface area (Å²) < 4.78 is 1.07. The highest BCUT2D eigenvalue weighted by Crippen LogP contribution is 2.37. The van der Waals surface area contributed by atoms with Crippen molar-refractivity contribution in [1.29, 1.82) is 0 Å². The van der Waals surface area contributed by atoms with Crippen molar-refractivity contribution >= 4 is 32.5 Å². The summed E-state index contributed by atoms with van der Waals surface area (Å²) in [6, 6.07) is 10.2. The van der Waals surface area contributed by atoms with Crippen LogP contribution in [0.15, 0.2) is 34.8 Å². The molecule has 0 aliphatic heterocycles. The smallest absolute Gasteiger partial charge is 0.166 e. The average molecular weight is 275 g/mol. The fourth-order valence-electron chi connectivity index (χ4n) is 2.48. The molecule has 80 valence electrons. The van der Waals surface area contributed by atoms with Crippen LogP contribution >= 0.6 is 15.9 Å². The van der Waals surface area contributed by atoms with E-state index in [0.717, 1.165) is 27.2 Å². The van der Waals surface area contributed by atoms with Crippen LogP contribution in [-0.4, -0.2) is 5.78 Å². The van der Waals surface area contributed by atoms with Gasteiger partial charge in [0, 0.05) is 16.0 Å². The first-order chi connectivity index (χ1) is 7.68. The van der Waals surface area contributed by atoms with Crippen molar-refractivity contribution in [3.63, 3.8) is 0 Å². The van der Waals surface area contributed by atoms with Gasteiger partial charge >= 0.3 is 0 Å². The van der Waals surface area contributed by atoms with Gasteiger partial charge in [0.25, 0.3) is 0 Å². The molecule has 2 aromatic rings. The highest BCUT2D eigenvalue weighted by Gasteiger charge is 2.30. The number of Topliss-reactive ketones (excluding diaryl/α,β-unsaturated/α-hetero) is 1. The normalized spacial score (nSPS) is 19.1. The highest BCUT2D eigenvalue weighted by atomic mass is 79.9. The standard InChI is InChI=1S/C14H11BrO/c1-8-6-11-12(15)7-9-4-2-3-5-10(9)13(11)14(8)16/h2-5,7-8H,6H2,1H3. The number of benzene rings is 2. The molecule has 16 heavy (non-hydrogen) atoms. The quantitative estimate of drug-likeness (QED) is 0.710. The fraction of sp³-hybridized carbons (Fsp3) is 0.214. The Morgan fingerprint density at radius 2 is 2.06 bits per heavy atom. The molecule has 1 aliphatic carbocycles. The van der Waals surface area contributed by atoms with Crippen LogP contribution in [0.3, 0.4) is 0 Å². The number of hydrogen-bond donors (Lipinski definition) is 0. The lowest BCUT2D eigenvalue weighted by Gasteiger charge is -2.06. The zero-order valence-electron chi connectivity index (χ0n) is 8.96. The molecule has 1 atom stereocenters. The number of rotatable bonds is 0. The molecule has 3 rings (SSSR count). The van der Waals surface area contributed by atoms with Gasteiger partial charge in [-0.1, -0.05) is 47.1 Å². The third-order valence-electron chi connectivity index (χ3n) is 3.31. The van der Waals surface area contributed by atoms with Gasteiger partial charge in [-0.05, 0) is 28.8 Å². The van der Waals surface area contributed by atoms with Crippen molar-refractivity contribution in [2.24, 2.45) is 5.92 Å². The minimum atomic E-state index is 0.122. The maximum absolute atomic E-state index is 12.1. The lowest BCUT2D eigenvalue weighted by Crippen LogP contribution is -2.03. The van der Waals surface area contributed by atoms with Crippen LogP contribution in [0.1, 0.15) is 22.8 Å². The zero-order chi connectivity index (χ0) is 11.3. The van der Waals surface area contributed by atoms with Crippen molar-refractivity contribution in [2.45, 2.75) is 13.3 Å². The molecular formula is C14H11BrO. The van der Waals surface area contributed by atoms with Crippen LogP contribution in [0.25, 0.3) is 10.8 Å². The van der Waals surface area contributed by atoms with Crippen molar-refractivity contribution in [3.05, 3.63) is 45.9 Å². The SMILES string of the molecule is CC1Cc2c(Br)cc3ccccc3c2C1=O. The summed E-state index contributed by atoms with van der Waals surface area (Å²) in [5.74, 6) is 0.407. The largest absolute Gasteiger partial charge is 0.294 e. The number of carbonyl (C=O) groups is 1. The van der Waals surface area contributed by atoms with Gasteiger partial charge in [-0.3, -0.25) is 4.79 Å². The summed E-state index contributed by atoms with van der Waals surface area (Å²) in [7, 11) is 0.